The van der Waals surface area contributed by atoms with Gasteiger partial charge < -0.3 is 0 Å². The van der Waals surface area contributed by atoms with Gasteiger partial charge in [-0.15, -0.1) is 0 Å². The Hall–Kier alpha value is -3.96. The molecule has 146 valence electrons. The Morgan fingerprint density at radius 2 is 1.73 bits per heavy atom. The number of nitro benzene ring substituents is 1. The second-order valence-corrected chi connectivity index (χ2v) is 7.37. The van der Waals surface area contributed by atoms with Crippen molar-refractivity contribution in [1.82, 2.24) is 9.55 Å². The van der Waals surface area contributed by atoms with E-state index in [0.717, 1.165) is 5.56 Å². The summed E-state index contributed by atoms with van der Waals surface area (Å²) in [5, 5.41) is 20.9. The first-order chi connectivity index (χ1) is 14.6. The minimum Gasteiger partial charge on any atom is -0.268 e. The van der Waals surface area contributed by atoms with Crippen molar-refractivity contribution in [3.63, 3.8) is 0 Å². The molecule has 0 aliphatic rings. The van der Waals surface area contributed by atoms with Crippen molar-refractivity contribution in [2.24, 2.45) is 0 Å². The third kappa shape index (κ3) is 3.79. The molecule has 0 N–H and O–H groups in total. The number of nitriles is 1. The standard InChI is InChI=1S/C22H14N4O3S/c23-13-15-5-9-17(10-6-15)25-21(27)19-3-1-2-4-20(19)24-22(25)30-14-16-7-11-18(12-8-16)26(28)29/h1-12H,14H2. The van der Waals surface area contributed by atoms with Crippen LogP contribution in [0.3, 0.4) is 0 Å². The van der Waals surface area contributed by atoms with E-state index in [9.17, 15) is 14.9 Å². The number of para-hydroxylation sites is 1. The molecule has 30 heavy (non-hydrogen) atoms. The molecule has 0 spiro atoms. The average Bonchev–Trinajstić information content (AvgIpc) is 2.78. The topological polar surface area (TPSA) is 102 Å². The predicted octanol–water partition coefficient (Wildman–Crippen LogP) is 4.46. The summed E-state index contributed by atoms with van der Waals surface area (Å²) in [6, 6.07) is 22.2. The van der Waals surface area contributed by atoms with Gasteiger partial charge in [0.15, 0.2) is 5.16 Å². The number of nitro groups is 1. The third-order valence-corrected chi connectivity index (χ3v) is 5.52. The Bertz CT molecular complexity index is 1340. The minimum atomic E-state index is -0.440. The Morgan fingerprint density at radius 1 is 1.03 bits per heavy atom. The highest BCUT2D eigenvalue weighted by molar-refractivity contribution is 7.98. The number of nitrogens with zero attached hydrogens (tertiary/aromatic N) is 4. The fraction of sp³-hybridized carbons (Fsp3) is 0.0455. The summed E-state index contributed by atoms with van der Waals surface area (Å²) < 4.78 is 1.53. The summed E-state index contributed by atoms with van der Waals surface area (Å²) in [7, 11) is 0. The number of fused-ring (bicyclic) bond motifs is 1. The SMILES string of the molecule is N#Cc1ccc(-n2c(SCc3ccc([N+](=O)[O-])cc3)nc3ccccc3c2=O)cc1. The highest BCUT2D eigenvalue weighted by atomic mass is 32.2. The molecular weight excluding hydrogens is 400 g/mol. The molecule has 4 rings (SSSR count). The summed E-state index contributed by atoms with van der Waals surface area (Å²) in [4.78, 5) is 28.3. The molecule has 0 amide bonds. The number of aromatic nitrogens is 2. The van der Waals surface area contributed by atoms with Crippen LogP contribution in [0.1, 0.15) is 11.1 Å². The Labute approximate surface area is 175 Å². The first-order valence-corrected chi connectivity index (χ1v) is 9.94. The maximum atomic E-state index is 13.2. The summed E-state index contributed by atoms with van der Waals surface area (Å²) in [5.74, 6) is 0.485. The van der Waals surface area contributed by atoms with Crippen LogP contribution in [0, 0.1) is 21.4 Å². The average molecular weight is 414 g/mol. The molecule has 3 aromatic carbocycles. The Balaban J connectivity index is 1.76. The molecule has 8 heteroatoms. The van der Waals surface area contributed by atoms with Gasteiger partial charge >= 0.3 is 0 Å². The van der Waals surface area contributed by atoms with Gasteiger partial charge in [-0.1, -0.05) is 36.0 Å². The van der Waals surface area contributed by atoms with Crippen molar-refractivity contribution >= 4 is 28.4 Å². The van der Waals surface area contributed by atoms with E-state index in [-0.39, 0.29) is 11.2 Å². The van der Waals surface area contributed by atoms with E-state index in [0.29, 0.717) is 33.1 Å². The number of thioether (sulfide) groups is 1. The number of hydrogen-bond acceptors (Lipinski definition) is 6. The molecule has 0 unspecified atom stereocenters. The van der Waals surface area contributed by atoms with Crippen LogP contribution < -0.4 is 5.56 Å². The minimum absolute atomic E-state index is 0.0297. The van der Waals surface area contributed by atoms with E-state index in [2.05, 4.69) is 11.1 Å². The van der Waals surface area contributed by atoms with Gasteiger partial charge in [-0.25, -0.2) is 4.98 Å². The molecule has 0 fully saturated rings. The van der Waals surface area contributed by atoms with Gasteiger partial charge in [-0.2, -0.15) is 5.26 Å². The second-order valence-electron chi connectivity index (χ2n) is 6.42. The van der Waals surface area contributed by atoms with Crippen LogP contribution in [-0.2, 0) is 5.75 Å². The molecule has 0 saturated carbocycles. The highest BCUT2D eigenvalue weighted by Crippen LogP contribution is 2.25. The molecule has 0 aliphatic heterocycles. The molecular formula is C22H14N4O3S. The summed E-state index contributed by atoms with van der Waals surface area (Å²) in [6.45, 7) is 0. The first-order valence-electron chi connectivity index (χ1n) is 8.95. The van der Waals surface area contributed by atoms with Crippen LogP contribution in [0.25, 0.3) is 16.6 Å². The summed E-state index contributed by atoms with van der Waals surface area (Å²) in [6.07, 6.45) is 0. The fourth-order valence-corrected chi connectivity index (χ4v) is 3.95. The lowest BCUT2D eigenvalue weighted by Gasteiger charge is -2.13. The quantitative estimate of drug-likeness (QED) is 0.207. The van der Waals surface area contributed by atoms with Crippen molar-refractivity contribution in [1.29, 1.82) is 5.26 Å². The van der Waals surface area contributed by atoms with Crippen molar-refractivity contribution in [2.75, 3.05) is 0 Å². The zero-order valence-electron chi connectivity index (χ0n) is 15.6. The number of benzene rings is 3. The van der Waals surface area contributed by atoms with Crippen molar-refractivity contribution in [3.05, 3.63) is 104 Å². The molecule has 0 aliphatic carbocycles. The lowest BCUT2D eigenvalue weighted by Crippen LogP contribution is -2.21. The third-order valence-electron chi connectivity index (χ3n) is 4.51. The largest absolute Gasteiger partial charge is 0.269 e. The second kappa shape index (κ2) is 8.19. The summed E-state index contributed by atoms with van der Waals surface area (Å²) in [5.41, 5.74) is 2.42. The molecule has 1 heterocycles. The Morgan fingerprint density at radius 3 is 2.40 bits per heavy atom. The lowest BCUT2D eigenvalue weighted by atomic mass is 10.2. The molecule has 0 radical (unpaired) electrons. The molecule has 0 bridgehead atoms. The van der Waals surface area contributed by atoms with E-state index < -0.39 is 4.92 Å². The van der Waals surface area contributed by atoms with E-state index in [1.807, 2.05) is 6.07 Å². The first kappa shape index (κ1) is 19.4. The lowest BCUT2D eigenvalue weighted by molar-refractivity contribution is -0.384. The van der Waals surface area contributed by atoms with Crippen LogP contribution in [0.4, 0.5) is 5.69 Å². The van der Waals surface area contributed by atoms with Crippen LogP contribution in [-0.4, -0.2) is 14.5 Å². The van der Waals surface area contributed by atoms with E-state index in [4.69, 9.17) is 5.26 Å². The van der Waals surface area contributed by atoms with Crippen molar-refractivity contribution in [3.8, 4) is 11.8 Å². The number of rotatable bonds is 5. The molecule has 0 saturated heterocycles. The van der Waals surface area contributed by atoms with Crippen molar-refractivity contribution in [2.45, 2.75) is 10.9 Å². The van der Waals surface area contributed by atoms with Gasteiger partial charge in [-0.05, 0) is 42.0 Å². The zero-order chi connectivity index (χ0) is 21.1. The molecule has 1 aromatic heterocycles. The maximum absolute atomic E-state index is 13.2. The van der Waals surface area contributed by atoms with Gasteiger partial charge in [0.2, 0.25) is 0 Å². The number of non-ortho nitro benzene ring substituents is 1. The molecule has 7 nitrogen and oxygen atoms in total. The van der Waals surface area contributed by atoms with Crippen LogP contribution in [0.2, 0.25) is 0 Å². The van der Waals surface area contributed by atoms with E-state index in [1.165, 1.54) is 28.5 Å². The van der Waals surface area contributed by atoms with Gasteiger partial charge in [0.1, 0.15) is 0 Å². The summed E-state index contributed by atoms with van der Waals surface area (Å²) >= 11 is 1.37. The smallest absolute Gasteiger partial charge is 0.268 e. The van der Waals surface area contributed by atoms with Crippen LogP contribution in [0.15, 0.2) is 82.7 Å². The molecule has 0 atom stereocenters. The van der Waals surface area contributed by atoms with Crippen LogP contribution in [0.5, 0.6) is 0 Å². The Kier molecular flexibility index (Phi) is 5.28. The number of hydrogen-bond donors (Lipinski definition) is 0. The van der Waals surface area contributed by atoms with Gasteiger partial charge in [0, 0.05) is 17.9 Å². The van der Waals surface area contributed by atoms with Gasteiger partial charge in [0.05, 0.1) is 33.1 Å². The fourth-order valence-electron chi connectivity index (χ4n) is 2.98. The predicted molar refractivity (Wildman–Crippen MR) is 115 cm³/mol. The van der Waals surface area contributed by atoms with E-state index in [1.54, 1.807) is 54.6 Å². The van der Waals surface area contributed by atoms with Crippen LogP contribution >= 0.6 is 11.8 Å². The normalized spacial score (nSPS) is 10.6. The van der Waals surface area contributed by atoms with Gasteiger partial charge in [0.25, 0.3) is 11.2 Å². The van der Waals surface area contributed by atoms with Crippen molar-refractivity contribution < 1.29 is 4.92 Å². The highest BCUT2D eigenvalue weighted by Gasteiger charge is 2.14. The zero-order valence-corrected chi connectivity index (χ0v) is 16.4. The van der Waals surface area contributed by atoms with E-state index >= 15 is 0 Å². The maximum Gasteiger partial charge on any atom is 0.269 e. The molecule has 4 aromatic rings. The monoisotopic (exact) mass is 414 g/mol. The van der Waals surface area contributed by atoms with Gasteiger partial charge in [-0.3, -0.25) is 19.5 Å².